The highest BCUT2D eigenvalue weighted by atomic mass is 35.5. The third-order valence-corrected chi connectivity index (χ3v) is 5.49. The number of benzene rings is 2. The van der Waals surface area contributed by atoms with Crippen LogP contribution in [0.25, 0.3) is 0 Å². The fourth-order valence-electron chi connectivity index (χ4n) is 3.65. The SMILES string of the molecule is O=C(c1ccc(Cl)c(Cl)c1)N1C[C@H]2C[C@@H]1CN2c1ccccc1. The van der Waals surface area contributed by atoms with E-state index in [0.29, 0.717) is 21.7 Å². The Morgan fingerprint density at radius 3 is 2.39 bits per heavy atom. The molecule has 2 fully saturated rings. The summed E-state index contributed by atoms with van der Waals surface area (Å²) in [7, 11) is 0. The molecule has 0 unspecified atom stereocenters. The van der Waals surface area contributed by atoms with Gasteiger partial charge in [-0.3, -0.25) is 4.79 Å². The topological polar surface area (TPSA) is 23.6 Å². The highest BCUT2D eigenvalue weighted by Crippen LogP contribution is 2.35. The van der Waals surface area contributed by atoms with Crippen LogP contribution in [-0.4, -0.2) is 36.0 Å². The molecule has 0 aromatic heterocycles. The number of piperazine rings is 1. The molecule has 0 saturated carbocycles. The first-order valence-electron chi connectivity index (χ1n) is 7.71. The monoisotopic (exact) mass is 346 g/mol. The second-order valence-electron chi connectivity index (χ2n) is 6.12. The van der Waals surface area contributed by atoms with Crippen LogP contribution < -0.4 is 4.90 Å². The molecule has 23 heavy (non-hydrogen) atoms. The molecule has 2 bridgehead atoms. The number of halogens is 2. The largest absolute Gasteiger partial charge is 0.365 e. The minimum absolute atomic E-state index is 0.0452. The molecule has 2 heterocycles. The molecule has 118 valence electrons. The van der Waals surface area contributed by atoms with E-state index in [1.54, 1.807) is 18.2 Å². The number of carbonyl (C=O) groups is 1. The van der Waals surface area contributed by atoms with Crippen molar-refractivity contribution >= 4 is 34.8 Å². The smallest absolute Gasteiger partial charge is 0.254 e. The minimum atomic E-state index is 0.0452. The summed E-state index contributed by atoms with van der Waals surface area (Å²) in [6.45, 7) is 1.65. The van der Waals surface area contributed by atoms with Gasteiger partial charge in [0, 0.05) is 30.4 Å². The summed E-state index contributed by atoms with van der Waals surface area (Å²) in [5.74, 6) is 0.0452. The fourth-order valence-corrected chi connectivity index (χ4v) is 3.94. The molecular formula is C18H16Cl2N2O. The van der Waals surface area contributed by atoms with Gasteiger partial charge in [-0.05, 0) is 36.8 Å². The van der Waals surface area contributed by atoms with Crippen LogP contribution in [0.15, 0.2) is 48.5 Å². The maximum Gasteiger partial charge on any atom is 0.254 e. The number of para-hydroxylation sites is 1. The summed E-state index contributed by atoms with van der Waals surface area (Å²) in [5.41, 5.74) is 1.85. The van der Waals surface area contributed by atoms with E-state index in [1.165, 1.54) is 5.69 Å². The number of hydrogen-bond donors (Lipinski definition) is 0. The molecule has 0 N–H and O–H groups in total. The van der Waals surface area contributed by atoms with Gasteiger partial charge in [0.15, 0.2) is 0 Å². The van der Waals surface area contributed by atoms with Crippen molar-refractivity contribution in [2.24, 2.45) is 0 Å². The van der Waals surface area contributed by atoms with Crippen molar-refractivity contribution in [3.63, 3.8) is 0 Å². The maximum atomic E-state index is 12.7. The van der Waals surface area contributed by atoms with E-state index < -0.39 is 0 Å². The lowest BCUT2D eigenvalue weighted by atomic mass is 10.1. The van der Waals surface area contributed by atoms with Crippen molar-refractivity contribution in [1.29, 1.82) is 0 Å². The third kappa shape index (κ3) is 2.58. The van der Waals surface area contributed by atoms with Crippen LogP contribution >= 0.6 is 23.2 Å². The molecule has 2 aliphatic heterocycles. The lowest BCUT2D eigenvalue weighted by molar-refractivity contribution is 0.0725. The van der Waals surface area contributed by atoms with Crippen molar-refractivity contribution in [3.8, 4) is 0 Å². The van der Waals surface area contributed by atoms with Crippen molar-refractivity contribution in [1.82, 2.24) is 4.90 Å². The summed E-state index contributed by atoms with van der Waals surface area (Å²) in [4.78, 5) is 17.1. The summed E-state index contributed by atoms with van der Waals surface area (Å²) in [6, 6.07) is 16.2. The Bertz CT molecular complexity index is 750. The van der Waals surface area contributed by atoms with Crippen LogP contribution in [0, 0.1) is 0 Å². The molecule has 2 aromatic rings. The van der Waals surface area contributed by atoms with E-state index in [9.17, 15) is 4.79 Å². The number of nitrogens with zero attached hydrogens (tertiary/aromatic N) is 2. The maximum absolute atomic E-state index is 12.7. The van der Waals surface area contributed by atoms with E-state index in [2.05, 4.69) is 29.2 Å². The van der Waals surface area contributed by atoms with E-state index in [4.69, 9.17) is 23.2 Å². The van der Waals surface area contributed by atoms with Crippen LogP contribution in [0.1, 0.15) is 16.8 Å². The molecular weight excluding hydrogens is 331 g/mol. The quantitative estimate of drug-likeness (QED) is 0.817. The summed E-state index contributed by atoms with van der Waals surface area (Å²) in [5, 5.41) is 0.897. The zero-order valence-corrected chi connectivity index (χ0v) is 14.0. The Morgan fingerprint density at radius 2 is 1.74 bits per heavy atom. The van der Waals surface area contributed by atoms with Crippen molar-refractivity contribution < 1.29 is 4.79 Å². The molecule has 1 amide bonds. The van der Waals surface area contributed by atoms with Crippen molar-refractivity contribution in [2.45, 2.75) is 18.5 Å². The first kappa shape index (κ1) is 14.9. The molecule has 0 radical (unpaired) electrons. The normalized spacial score (nSPS) is 22.7. The number of rotatable bonds is 2. The fraction of sp³-hybridized carbons (Fsp3) is 0.278. The van der Waals surface area contributed by atoms with Crippen LogP contribution in [0.3, 0.4) is 0 Å². The van der Waals surface area contributed by atoms with Crippen LogP contribution in [0.2, 0.25) is 10.0 Å². The van der Waals surface area contributed by atoms with Gasteiger partial charge < -0.3 is 9.80 Å². The number of fused-ring (bicyclic) bond motifs is 2. The van der Waals surface area contributed by atoms with Crippen molar-refractivity contribution in [3.05, 3.63) is 64.1 Å². The highest BCUT2D eigenvalue weighted by Gasteiger charge is 2.45. The van der Waals surface area contributed by atoms with Gasteiger partial charge in [0.05, 0.1) is 16.1 Å². The van der Waals surface area contributed by atoms with E-state index >= 15 is 0 Å². The van der Waals surface area contributed by atoms with Crippen LogP contribution in [0.4, 0.5) is 5.69 Å². The Morgan fingerprint density at radius 1 is 0.957 bits per heavy atom. The number of anilines is 1. The third-order valence-electron chi connectivity index (χ3n) is 4.76. The Balaban J connectivity index is 1.51. The lowest BCUT2D eigenvalue weighted by Gasteiger charge is -2.35. The van der Waals surface area contributed by atoms with Gasteiger partial charge in [0.1, 0.15) is 0 Å². The van der Waals surface area contributed by atoms with Gasteiger partial charge in [-0.15, -0.1) is 0 Å². The molecule has 2 atom stereocenters. The second-order valence-corrected chi connectivity index (χ2v) is 6.93. The molecule has 0 aliphatic carbocycles. The number of carbonyl (C=O) groups excluding carboxylic acids is 1. The highest BCUT2D eigenvalue weighted by molar-refractivity contribution is 6.42. The van der Waals surface area contributed by atoms with Gasteiger partial charge in [0.2, 0.25) is 0 Å². The van der Waals surface area contributed by atoms with E-state index in [1.807, 2.05) is 11.0 Å². The van der Waals surface area contributed by atoms with Crippen molar-refractivity contribution in [2.75, 3.05) is 18.0 Å². The van der Waals surface area contributed by atoms with Crippen LogP contribution in [-0.2, 0) is 0 Å². The second kappa shape index (κ2) is 5.73. The van der Waals surface area contributed by atoms with E-state index in [0.717, 1.165) is 19.5 Å². The van der Waals surface area contributed by atoms with Gasteiger partial charge >= 0.3 is 0 Å². The number of likely N-dealkylation sites (tertiary alicyclic amines) is 1. The first-order valence-corrected chi connectivity index (χ1v) is 8.47. The molecule has 2 saturated heterocycles. The zero-order chi connectivity index (χ0) is 16.0. The number of hydrogen-bond acceptors (Lipinski definition) is 2. The minimum Gasteiger partial charge on any atom is -0.365 e. The Hall–Kier alpha value is -1.71. The lowest BCUT2D eigenvalue weighted by Crippen LogP contribution is -2.48. The molecule has 2 aliphatic rings. The van der Waals surface area contributed by atoms with Gasteiger partial charge in [-0.2, -0.15) is 0 Å². The zero-order valence-electron chi connectivity index (χ0n) is 12.5. The summed E-state index contributed by atoms with van der Waals surface area (Å²) >= 11 is 12.0. The average Bonchev–Trinajstić information content (AvgIpc) is 3.18. The predicted molar refractivity (Wildman–Crippen MR) is 93.5 cm³/mol. The molecule has 2 aromatic carbocycles. The van der Waals surface area contributed by atoms with Gasteiger partial charge in [0.25, 0.3) is 5.91 Å². The molecule has 3 nitrogen and oxygen atoms in total. The van der Waals surface area contributed by atoms with Crippen LogP contribution in [0.5, 0.6) is 0 Å². The molecule has 5 heteroatoms. The summed E-state index contributed by atoms with van der Waals surface area (Å²) < 4.78 is 0. The summed E-state index contributed by atoms with van der Waals surface area (Å²) in [6.07, 6.45) is 1.03. The van der Waals surface area contributed by atoms with E-state index in [-0.39, 0.29) is 11.9 Å². The Labute approximate surface area is 145 Å². The standard InChI is InChI=1S/C18H16Cl2N2O/c19-16-7-6-12(8-17(16)20)18(23)22-11-14-9-15(22)10-21(14)13-4-2-1-3-5-13/h1-8,14-15H,9-11H2/t14-,15-/m1/s1. The predicted octanol–water partition coefficient (Wildman–Crippen LogP) is 4.10. The first-order chi connectivity index (χ1) is 11.1. The molecule has 0 spiro atoms. The van der Waals surface area contributed by atoms with Gasteiger partial charge in [-0.25, -0.2) is 0 Å². The average molecular weight is 347 g/mol. The van der Waals surface area contributed by atoms with Gasteiger partial charge in [-0.1, -0.05) is 41.4 Å². The molecule has 4 rings (SSSR count). The Kier molecular flexibility index (Phi) is 3.70. The number of amides is 1.